The molecule has 138 valence electrons. The zero-order valence-electron chi connectivity index (χ0n) is 15.5. The van der Waals surface area contributed by atoms with E-state index in [1.807, 2.05) is 31.5 Å². The van der Waals surface area contributed by atoms with Gasteiger partial charge in [0.2, 0.25) is 0 Å². The van der Waals surface area contributed by atoms with Crippen molar-refractivity contribution in [3.63, 3.8) is 0 Å². The van der Waals surface area contributed by atoms with Crippen molar-refractivity contribution in [3.8, 4) is 0 Å². The van der Waals surface area contributed by atoms with E-state index in [9.17, 15) is 0 Å². The fraction of sp³-hybridized carbons (Fsp3) is 0.550. The third-order valence-electron chi connectivity index (χ3n) is 5.42. The second kappa shape index (κ2) is 7.68. The number of anilines is 1. The molecule has 2 saturated heterocycles. The maximum absolute atomic E-state index is 6.03. The van der Waals surface area contributed by atoms with Gasteiger partial charge < -0.3 is 9.64 Å². The molecule has 6 heteroatoms. The quantitative estimate of drug-likeness (QED) is 0.844. The summed E-state index contributed by atoms with van der Waals surface area (Å²) in [6.45, 7) is 8.56. The number of aromatic nitrogens is 3. The molecule has 0 radical (unpaired) electrons. The number of hydrogen-bond acceptors (Lipinski definition) is 6. The van der Waals surface area contributed by atoms with Crippen molar-refractivity contribution in [3.05, 3.63) is 47.9 Å². The summed E-state index contributed by atoms with van der Waals surface area (Å²) in [6.07, 6.45) is 6.21. The van der Waals surface area contributed by atoms with Crippen LogP contribution in [-0.2, 0) is 11.3 Å². The molecular formula is C20H27N5O. The lowest BCUT2D eigenvalue weighted by atomic mass is 9.80. The van der Waals surface area contributed by atoms with Crippen LogP contribution in [0.1, 0.15) is 24.1 Å². The Balaban J connectivity index is 1.49. The lowest BCUT2D eigenvalue weighted by Gasteiger charge is -2.43. The van der Waals surface area contributed by atoms with Gasteiger partial charge in [-0.2, -0.15) is 5.10 Å². The van der Waals surface area contributed by atoms with Crippen LogP contribution in [0.5, 0.6) is 0 Å². The summed E-state index contributed by atoms with van der Waals surface area (Å²) in [6, 6.07) is 8.29. The minimum Gasteiger partial charge on any atom is -0.379 e. The van der Waals surface area contributed by atoms with Gasteiger partial charge in [0, 0.05) is 44.0 Å². The van der Waals surface area contributed by atoms with Crippen LogP contribution < -0.4 is 4.90 Å². The Bertz CT molecular complexity index is 708. The molecule has 4 rings (SSSR count). The summed E-state index contributed by atoms with van der Waals surface area (Å²) >= 11 is 0. The van der Waals surface area contributed by atoms with E-state index < -0.39 is 0 Å². The number of likely N-dealkylation sites (tertiary alicyclic amines) is 1. The SMILES string of the molecule is Cc1ccc(N2CCOC[C@@]3(CCCN(Cc4cccnc4)C3)C2)nn1. The lowest BCUT2D eigenvalue weighted by Crippen LogP contribution is -2.50. The second-order valence-corrected chi connectivity index (χ2v) is 7.68. The zero-order chi connectivity index (χ0) is 17.8. The predicted octanol–water partition coefficient (Wildman–Crippen LogP) is 2.30. The Labute approximate surface area is 155 Å². The highest BCUT2D eigenvalue weighted by molar-refractivity contribution is 5.38. The highest BCUT2D eigenvalue weighted by Gasteiger charge is 2.39. The summed E-state index contributed by atoms with van der Waals surface area (Å²) in [4.78, 5) is 9.16. The molecule has 2 fully saturated rings. The average molecular weight is 353 g/mol. The van der Waals surface area contributed by atoms with E-state index in [0.29, 0.717) is 0 Å². The van der Waals surface area contributed by atoms with Gasteiger partial charge in [-0.3, -0.25) is 9.88 Å². The number of rotatable bonds is 3. The summed E-state index contributed by atoms with van der Waals surface area (Å²) in [5, 5.41) is 8.65. The van der Waals surface area contributed by atoms with Gasteiger partial charge in [-0.15, -0.1) is 5.10 Å². The topological polar surface area (TPSA) is 54.4 Å². The molecule has 0 amide bonds. The Morgan fingerprint density at radius 1 is 1.15 bits per heavy atom. The molecule has 2 aliphatic heterocycles. The lowest BCUT2D eigenvalue weighted by molar-refractivity contribution is 0.0106. The van der Waals surface area contributed by atoms with Crippen LogP contribution in [0, 0.1) is 12.3 Å². The smallest absolute Gasteiger partial charge is 0.151 e. The first-order chi connectivity index (χ1) is 12.7. The molecule has 2 aromatic rings. The number of nitrogens with zero attached hydrogens (tertiary/aromatic N) is 5. The zero-order valence-corrected chi connectivity index (χ0v) is 15.5. The monoisotopic (exact) mass is 353 g/mol. The van der Waals surface area contributed by atoms with E-state index in [-0.39, 0.29) is 5.41 Å². The van der Waals surface area contributed by atoms with Gasteiger partial charge in [0.25, 0.3) is 0 Å². The van der Waals surface area contributed by atoms with E-state index in [1.54, 1.807) is 0 Å². The van der Waals surface area contributed by atoms with Gasteiger partial charge in [0.15, 0.2) is 5.82 Å². The van der Waals surface area contributed by atoms with Crippen LogP contribution in [0.25, 0.3) is 0 Å². The Hall–Kier alpha value is -2.05. The fourth-order valence-electron chi connectivity index (χ4n) is 4.19. The number of aryl methyl sites for hydroxylation is 1. The molecular weight excluding hydrogens is 326 g/mol. The van der Waals surface area contributed by atoms with Crippen molar-refractivity contribution in [1.82, 2.24) is 20.1 Å². The van der Waals surface area contributed by atoms with E-state index >= 15 is 0 Å². The minimum absolute atomic E-state index is 0.156. The number of pyridine rings is 1. The fourth-order valence-corrected chi connectivity index (χ4v) is 4.19. The van der Waals surface area contributed by atoms with Crippen LogP contribution in [0.4, 0.5) is 5.82 Å². The van der Waals surface area contributed by atoms with Gasteiger partial charge >= 0.3 is 0 Å². The molecule has 0 saturated carbocycles. The van der Waals surface area contributed by atoms with E-state index in [1.165, 1.54) is 18.4 Å². The maximum atomic E-state index is 6.03. The van der Waals surface area contributed by atoms with E-state index in [4.69, 9.17) is 4.74 Å². The van der Waals surface area contributed by atoms with Crippen LogP contribution in [0.3, 0.4) is 0 Å². The standard InChI is InChI=1S/C20H27N5O/c1-17-5-6-19(23-22-17)25-10-11-26-16-20(15-25)7-3-9-24(14-20)13-18-4-2-8-21-12-18/h2,4-6,8,12H,3,7,9-11,13-16H2,1H3/t20-/m1/s1. The van der Waals surface area contributed by atoms with E-state index in [2.05, 4.69) is 37.1 Å². The van der Waals surface area contributed by atoms with Crippen molar-refractivity contribution in [2.75, 3.05) is 44.3 Å². The molecule has 4 heterocycles. The Morgan fingerprint density at radius 2 is 2.12 bits per heavy atom. The molecule has 26 heavy (non-hydrogen) atoms. The molecule has 1 spiro atoms. The molecule has 6 nitrogen and oxygen atoms in total. The van der Waals surface area contributed by atoms with Crippen molar-refractivity contribution < 1.29 is 4.74 Å². The number of piperidine rings is 1. The summed E-state index contributed by atoms with van der Waals surface area (Å²) in [7, 11) is 0. The molecule has 0 N–H and O–H groups in total. The third kappa shape index (κ3) is 4.02. The molecule has 0 aliphatic carbocycles. The third-order valence-corrected chi connectivity index (χ3v) is 5.42. The van der Waals surface area contributed by atoms with Crippen LogP contribution in [0.15, 0.2) is 36.7 Å². The Kier molecular flexibility index (Phi) is 5.13. The first-order valence-corrected chi connectivity index (χ1v) is 9.47. The summed E-state index contributed by atoms with van der Waals surface area (Å²) < 4.78 is 6.03. The molecule has 0 unspecified atom stereocenters. The first kappa shape index (κ1) is 17.4. The van der Waals surface area contributed by atoms with Gasteiger partial charge in [0.05, 0.1) is 18.9 Å². The molecule has 2 aromatic heterocycles. The largest absolute Gasteiger partial charge is 0.379 e. The molecule has 0 aromatic carbocycles. The number of ether oxygens (including phenoxy) is 1. The number of hydrogen-bond donors (Lipinski definition) is 0. The molecule has 0 bridgehead atoms. The van der Waals surface area contributed by atoms with Gasteiger partial charge in [-0.25, -0.2) is 0 Å². The van der Waals surface area contributed by atoms with Crippen LogP contribution >= 0.6 is 0 Å². The molecule has 1 atom stereocenters. The van der Waals surface area contributed by atoms with Crippen molar-refractivity contribution in [1.29, 1.82) is 0 Å². The van der Waals surface area contributed by atoms with Gasteiger partial charge in [-0.05, 0) is 50.1 Å². The van der Waals surface area contributed by atoms with Crippen molar-refractivity contribution in [2.24, 2.45) is 5.41 Å². The van der Waals surface area contributed by atoms with Gasteiger partial charge in [0.1, 0.15) is 0 Å². The Morgan fingerprint density at radius 3 is 2.92 bits per heavy atom. The average Bonchev–Trinajstić information content (AvgIpc) is 2.86. The van der Waals surface area contributed by atoms with E-state index in [0.717, 1.165) is 57.4 Å². The summed E-state index contributed by atoms with van der Waals surface area (Å²) in [5.74, 6) is 0.963. The van der Waals surface area contributed by atoms with Gasteiger partial charge in [-0.1, -0.05) is 6.07 Å². The van der Waals surface area contributed by atoms with Crippen molar-refractivity contribution in [2.45, 2.75) is 26.3 Å². The first-order valence-electron chi connectivity index (χ1n) is 9.47. The highest BCUT2D eigenvalue weighted by Crippen LogP contribution is 2.34. The minimum atomic E-state index is 0.156. The molecule has 2 aliphatic rings. The highest BCUT2D eigenvalue weighted by atomic mass is 16.5. The predicted molar refractivity (Wildman–Crippen MR) is 101 cm³/mol. The van der Waals surface area contributed by atoms with Crippen LogP contribution in [0.2, 0.25) is 0 Å². The van der Waals surface area contributed by atoms with Crippen LogP contribution in [-0.4, -0.2) is 59.5 Å². The summed E-state index contributed by atoms with van der Waals surface area (Å²) in [5.41, 5.74) is 2.39. The van der Waals surface area contributed by atoms with Crippen molar-refractivity contribution >= 4 is 5.82 Å². The maximum Gasteiger partial charge on any atom is 0.151 e. The second-order valence-electron chi connectivity index (χ2n) is 7.68. The normalized spacial score (nSPS) is 24.6.